The largest absolute Gasteiger partial charge is 0.378 e. The Balaban J connectivity index is 1.37. The quantitative estimate of drug-likeness (QED) is 0.812. The third kappa shape index (κ3) is 3.15. The van der Waals surface area contributed by atoms with Crippen LogP contribution in [-0.4, -0.2) is 55.7 Å². The molecule has 1 saturated carbocycles. The lowest BCUT2D eigenvalue weighted by atomic mass is 9.86. The number of hydrogen-bond acceptors (Lipinski definition) is 5. The minimum atomic E-state index is -3.46. The van der Waals surface area contributed by atoms with Gasteiger partial charge in [-0.25, -0.2) is 8.42 Å². The van der Waals surface area contributed by atoms with Crippen LogP contribution in [0.4, 0.5) is 0 Å². The van der Waals surface area contributed by atoms with Gasteiger partial charge in [0.05, 0.1) is 11.7 Å². The van der Waals surface area contributed by atoms with E-state index in [1.54, 1.807) is 18.3 Å². The molecule has 0 bridgehead atoms. The first-order chi connectivity index (χ1) is 11.1. The van der Waals surface area contributed by atoms with Gasteiger partial charge in [-0.15, -0.1) is 0 Å². The summed E-state index contributed by atoms with van der Waals surface area (Å²) >= 11 is 0. The Bertz CT molecular complexity index is 654. The van der Waals surface area contributed by atoms with E-state index in [2.05, 4.69) is 4.98 Å². The van der Waals surface area contributed by atoms with Crippen LogP contribution >= 0.6 is 0 Å². The Morgan fingerprint density at radius 3 is 2.87 bits per heavy atom. The first-order valence-electron chi connectivity index (χ1n) is 8.23. The molecule has 3 aliphatic rings. The van der Waals surface area contributed by atoms with Gasteiger partial charge in [0.15, 0.2) is 0 Å². The zero-order valence-corrected chi connectivity index (χ0v) is 13.9. The molecule has 0 radical (unpaired) electrons. The molecule has 2 aliphatic heterocycles. The third-order valence-corrected chi connectivity index (χ3v) is 6.69. The van der Waals surface area contributed by atoms with E-state index in [0.717, 1.165) is 25.4 Å². The molecule has 23 heavy (non-hydrogen) atoms. The lowest BCUT2D eigenvalue weighted by Gasteiger charge is -2.52. The van der Waals surface area contributed by atoms with Gasteiger partial charge in [-0.3, -0.25) is 4.98 Å². The molecule has 7 heteroatoms. The SMILES string of the molecule is O=S(=O)(c1cccnc1)N1CC2(C[C@@H](OCC3CC3)CCO2)C1. The minimum absolute atomic E-state index is 0.201. The fraction of sp³-hybridized carbons (Fsp3) is 0.688. The highest BCUT2D eigenvalue weighted by Gasteiger charge is 2.52. The van der Waals surface area contributed by atoms with Crippen LogP contribution in [0.5, 0.6) is 0 Å². The summed E-state index contributed by atoms with van der Waals surface area (Å²) in [6, 6.07) is 3.22. The fourth-order valence-corrected chi connectivity index (χ4v) is 4.87. The summed E-state index contributed by atoms with van der Waals surface area (Å²) in [6.07, 6.45) is 7.43. The van der Waals surface area contributed by atoms with Crippen LogP contribution in [0.2, 0.25) is 0 Å². The van der Waals surface area contributed by atoms with E-state index in [1.165, 1.54) is 23.3 Å². The minimum Gasteiger partial charge on any atom is -0.378 e. The molecule has 1 aliphatic carbocycles. The molecular formula is C16H22N2O4S. The van der Waals surface area contributed by atoms with Gasteiger partial charge in [-0.2, -0.15) is 4.31 Å². The van der Waals surface area contributed by atoms with Gasteiger partial charge in [-0.1, -0.05) is 0 Å². The monoisotopic (exact) mass is 338 g/mol. The number of ether oxygens (including phenoxy) is 2. The molecule has 6 nitrogen and oxygen atoms in total. The first-order valence-corrected chi connectivity index (χ1v) is 9.67. The van der Waals surface area contributed by atoms with Crippen molar-refractivity contribution in [3.8, 4) is 0 Å². The average molecular weight is 338 g/mol. The smallest absolute Gasteiger partial charge is 0.244 e. The molecule has 1 aromatic rings. The highest BCUT2D eigenvalue weighted by Crippen LogP contribution is 2.39. The van der Waals surface area contributed by atoms with Crippen LogP contribution in [0.3, 0.4) is 0 Å². The summed E-state index contributed by atoms with van der Waals surface area (Å²) in [4.78, 5) is 4.14. The van der Waals surface area contributed by atoms with Crippen molar-refractivity contribution in [3.63, 3.8) is 0 Å². The number of hydrogen-bond donors (Lipinski definition) is 0. The van der Waals surface area contributed by atoms with E-state index in [-0.39, 0.29) is 16.6 Å². The van der Waals surface area contributed by atoms with E-state index in [4.69, 9.17) is 9.47 Å². The van der Waals surface area contributed by atoms with Crippen molar-refractivity contribution in [1.29, 1.82) is 0 Å². The lowest BCUT2D eigenvalue weighted by Crippen LogP contribution is -2.67. The predicted octanol–water partition coefficient (Wildman–Crippen LogP) is 1.43. The molecule has 0 unspecified atom stereocenters. The van der Waals surface area contributed by atoms with Crippen molar-refractivity contribution in [2.45, 2.75) is 42.3 Å². The second-order valence-corrected chi connectivity index (χ2v) is 8.82. The van der Waals surface area contributed by atoms with Crippen LogP contribution in [0.1, 0.15) is 25.7 Å². The van der Waals surface area contributed by atoms with Crippen LogP contribution in [0, 0.1) is 5.92 Å². The van der Waals surface area contributed by atoms with Crippen molar-refractivity contribution in [1.82, 2.24) is 9.29 Å². The fourth-order valence-electron chi connectivity index (χ4n) is 3.32. The lowest BCUT2D eigenvalue weighted by molar-refractivity contribution is -0.179. The zero-order valence-electron chi connectivity index (χ0n) is 13.1. The second kappa shape index (κ2) is 5.81. The Morgan fingerprint density at radius 2 is 2.17 bits per heavy atom. The summed E-state index contributed by atoms with van der Waals surface area (Å²) in [5.41, 5.74) is -0.359. The van der Waals surface area contributed by atoms with Crippen molar-refractivity contribution in [2.75, 3.05) is 26.3 Å². The van der Waals surface area contributed by atoms with E-state index in [1.807, 2.05) is 0 Å². The molecule has 1 aromatic heterocycles. The topological polar surface area (TPSA) is 68.7 Å². The molecule has 0 aromatic carbocycles. The van der Waals surface area contributed by atoms with Crippen molar-refractivity contribution >= 4 is 10.0 Å². The van der Waals surface area contributed by atoms with Crippen molar-refractivity contribution < 1.29 is 17.9 Å². The molecule has 126 valence electrons. The van der Waals surface area contributed by atoms with Crippen molar-refractivity contribution in [3.05, 3.63) is 24.5 Å². The molecule has 2 saturated heterocycles. The molecule has 4 rings (SSSR count). The molecule has 1 atom stereocenters. The predicted molar refractivity (Wildman–Crippen MR) is 83.4 cm³/mol. The van der Waals surface area contributed by atoms with Gasteiger partial charge in [0.2, 0.25) is 10.0 Å². The Morgan fingerprint density at radius 1 is 1.35 bits per heavy atom. The number of aromatic nitrogens is 1. The Labute approximate surface area is 136 Å². The van der Waals surface area contributed by atoms with Crippen LogP contribution in [0.25, 0.3) is 0 Å². The van der Waals surface area contributed by atoms with E-state index in [9.17, 15) is 8.42 Å². The summed E-state index contributed by atoms with van der Waals surface area (Å²) in [7, 11) is -3.46. The van der Waals surface area contributed by atoms with Gasteiger partial charge in [0.1, 0.15) is 4.90 Å². The molecule has 1 spiro atoms. The Hall–Kier alpha value is -1.02. The van der Waals surface area contributed by atoms with Gasteiger partial charge in [0, 0.05) is 45.1 Å². The second-order valence-electron chi connectivity index (χ2n) is 6.88. The summed E-state index contributed by atoms with van der Waals surface area (Å²) in [5.74, 6) is 0.748. The average Bonchev–Trinajstić information content (AvgIpc) is 3.36. The molecule has 3 heterocycles. The normalized spacial score (nSPS) is 27.7. The number of nitrogens with zero attached hydrogens (tertiary/aromatic N) is 2. The standard InChI is InChI=1S/C16H22N2O4S/c19-23(20,15-2-1-6-17-9-15)18-11-16(12-18)8-14(5-7-22-16)21-10-13-3-4-13/h1-2,6,9,13-14H,3-5,7-8,10-12H2/t14-/m0/s1. The van der Waals surface area contributed by atoms with E-state index < -0.39 is 10.0 Å². The number of sulfonamides is 1. The summed E-state index contributed by atoms with van der Waals surface area (Å²) < 4.78 is 38.5. The molecule has 0 amide bonds. The number of pyridine rings is 1. The van der Waals surface area contributed by atoms with Crippen molar-refractivity contribution in [2.24, 2.45) is 5.92 Å². The third-order valence-electron chi connectivity index (χ3n) is 4.91. The highest BCUT2D eigenvalue weighted by atomic mass is 32.2. The van der Waals surface area contributed by atoms with Gasteiger partial charge >= 0.3 is 0 Å². The summed E-state index contributed by atoms with van der Waals surface area (Å²) in [5, 5.41) is 0. The molecular weight excluding hydrogens is 316 g/mol. The number of rotatable bonds is 5. The maximum Gasteiger partial charge on any atom is 0.244 e. The van der Waals surface area contributed by atoms with Crippen LogP contribution < -0.4 is 0 Å². The van der Waals surface area contributed by atoms with Gasteiger partial charge in [0.25, 0.3) is 0 Å². The first kappa shape index (κ1) is 15.5. The maximum absolute atomic E-state index is 12.5. The molecule has 3 fully saturated rings. The Kier molecular flexibility index (Phi) is 3.91. The van der Waals surface area contributed by atoms with Gasteiger partial charge in [-0.05, 0) is 37.3 Å². The van der Waals surface area contributed by atoms with E-state index in [0.29, 0.717) is 19.7 Å². The molecule has 0 N–H and O–H groups in total. The van der Waals surface area contributed by atoms with E-state index >= 15 is 0 Å². The van der Waals surface area contributed by atoms with Crippen LogP contribution in [-0.2, 0) is 19.5 Å². The zero-order chi connectivity index (χ0) is 15.9. The van der Waals surface area contributed by atoms with Gasteiger partial charge < -0.3 is 9.47 Å². The maximum atomic E-state index is 12.5. The highest BCUT2D eigenvalue weighted by molar-refractivity contribution is 7.89. The summed E-state index contributed by atoms with van der Waals surface area (Å²) in [6.45, 7) is 2.32. The van der Waals surface area contributed by atoms with Crippen LogP contribution in [0.15, 0.2) is 29.4 Å².